The third-order valence-electron chi connectivity index (χ3n) is 3.45. The minimum atomic E-state index is -3.72. The number of benzene rings is 1. The number of nitrogens with two attached hydrogens (primary N) is 1. The van der Waals surface area contributed by atoms with Crippen LogP contribution < -0.4 is 15.2 Å². The average Bonchev–Trinajstić information content (AvgIpc) is 2.45. The van der Waals surface area contributed by atoms with Crippen LogP contribution in [0.2, 0.25) is 5.02 Å². The number of halogens is 2. The van der Waals surface area contributed by atoms with Crippen LogP contribution in [0.1, 0.15) is 26.7 Å². The highest BCUT2D eigenvalue weighted by atomic mass is 35.5. The Balaban J connectivity index is 0.00000400. The van der Waals surface area contributed by atoms with E-state index >= 15 is 0 Å². The van der Waals surface area contributed by atoms with Crippen molar-refractivity contribution in [3.8, 4) is 5.75 Å². The lowest BCUT2D eigenvalue weighted by molar-refractivity contribution is 0.391. The average molecular weight is 357 g/mol. The first kappa shape index (κ1) is 20.5. The van der Waals surface area contributed by atoms with E-state index in [1.807, 2.05) is 13.8 Å². The second-order valence-electron chi connectivity index (χ2n) is 4.69. The van der Waals surface area contributed by atoms with Crippen LogP contribution in [0.25, 0.3) is 0 Å². The van der Waals surface area contributed by atoms with Gasteiger partial charge in [0, 0.05) is 18.2 Å². The van der Waals surface area contributed by atoms with Gasteiger partial charge in [-0.05, 0) is 25.0 Å². The number of hydrogen-bond donors (Lipinski definition) is 2. The fourth-order valence-corrected chi connectivity index (χ4v) is 3.28. The first-order valence-electron chi connectivity index (χ1n) is 6.40. The summed E-state index contributed by atoms with van der Waals surface area (Å²) in [4.78, 5) is -0.00641. The molecule has 0 aromatic heterocycles. The molecular formula is C13H22Cl2N2O3S. The zero-order chi connectivity index (χ0) is 15.4. The van der Waals surface area contributed by atoms with Gasteiger partial charge >= 0.3 is 0 Å². The van der Waals surface area contributed by atoms with E-state index in [1.54, 1.807) is 6.07 Å². The number of ether oxygens (including phenoxy) is 1. The molecule has 0 aliphatic carbocycles. The molecule has 0 heterocycles. The zero-order valence-electron chi connectivity index (χ0n) is 12.3. The van der Waals surface area contributed by atoms with Crippen molar-refractivity contribution in [3.05, 3.63) is 23.2 Å². The second kappa shape index (κ2) is 8.19. The van der Waals surface area contributed by atoms with Gasteiger partial charge in [-0.3, -0.25) is 0 Å². The molecule has 1 aromatic rings. The van der Waals surface area contributed by atoms with Crippen molar-refractivity contribution in [1.82, 2.24) is 4.72 Å². The van der Waals surface area contributed by atoms with Crippen molar-refractivity contribution in [2.45, 2.75) is 37.1 Å². The summed E-state index contributed by atoms with van der Waals surface area (Å²) in [5.41, 5.74) is 5.53. The first-order chi connectivity index (χ1) is 9.28. The van der Waals surface area contributed by atoms with Gasteiger partial charge < -0.3 is 10.5 Å². The minimum Gasteiger partial charge on any atom is -0.497 e. The normalized spacial score (nSPS) is 11.9. The Bertz CT molecular complexity index is 561. The van der Waals surface area contributed by atoms with E-state index in [4.69, 9.17) is 22.1 Å². The lowest BCUT2D eigenvalue weighted by atomic mass is 9.95. The summed E-state index contributed by atoms with van der Waals surface area (Å²) in [7, 11) is -2.25. The molecule has 0 atom stereocenters. The summed E-state index contributed by atoms with van der Waals surface area (Å²) in [6.07, 6.45) is 1.36. The predicted molar refractivity (Wildman–Crippen MR) is 87.9 cm³/mol. The Labute approximate surface area is 137 Å². The van der Waals surface area contributed by atoms with Crippen LogP contribution in [0.5, 0.6) is 5.75 Å². The summed E-state index contributed by atoms with van der Waals surface area (Å²) >= 11 is 5.95. The summed E-state index contributed by atoms with van der Waals surface area (Å²) in [5, 5.41) is 0.147. The summed E-state index contributed by atoms with van der Waals surface area (Å²) in [6, 6.07) is 4.48. The van der Waals surface area contributed by atoms with Crippen LogP contribution in [0.3, 0.4) is 0 Å². The molecule has 21 heavy (non-hydrogen) atoms. The van der Waals surface area contributed by atoms with Gasteiger partial charge in [-0.25, -0.2) is 13.1 Å². The Hall–Kier alpha value is -0.530. The highest BCUT2D eigenvalue weighted by molar-refractivity contribution is 7.89. The number of nitrogens with one attached hydrogen (secondary N) is 1. The molecule has 0 saturated heterocycles. The molecule has 0 aliphatic heterocycles. The third-order valence-corrected chi connectivity index (χ3v) is 5.33. The van der Waals surface area contributed by atoms with E-state index in [2.05, 4.69) is 4.72 Å². The Morgan fingerprint density at radius 2 is 1.90 bits per heavy atom. The van der Waals surface area contributed by atoms with Crippen molar-refractivity contribution >= 4 is 34.0 Å². The summed E-state index contributed by atoms with van der Waals surface area (Å²) < 4.78 is 32.1. The van der Waals surface area contributed by atoms with Gasteiger partial charge in [0.25, 0.3) is 0 Å². The Kier molecular flexibility index (Phi) is 7.99. The molecule has 0 bridgehead atoms. The van der Waals surface area contributed by atoms with Crippen molar-refractivity contribution < 1.29 is 13.2 Å². The molecular weight excluding hydrogens is 335 g/mol. The van der Waals surface area contributed by atoms with Crippen molar-refractivity contribution in [1.29, 1.82) is 0 Å². The van der Waals surface area contributed by atoms with E-state index < -0.39 is 15.6 Å². The number of methoxy groups -OCH3 is 1. The molecule has 5 nitrogen and oxygen atoms in total. The highest BCUT2D eigenvalue weighted by Crippen LogP contribution is 2.26. The summed E-state index contributed by atoms with van der Waals surface area (Å²) in [5.74, 6) is 0.430. The van der Waals surface area contributed by atoms with E-state index in [-0.39, 0.29) is 28.9 Å². The largest absolute Gasteiger partial charge is 0.497 e. The lowest BCUT2D eigenvalue weighted by Crippen LogP contribution is -2.49. The van der Waals surface area contributed by atoms with Crippen LogP contribution in [0.4, 0.5) is 0 Å². The Morgan fingerprint density at radius 3 is 2.38 bits per heavy atom. The molecule has 0 fully saturated rings. The first-order valence-corrected chi connectivity index (χ1v) is 8.26. The van der Waals surface area contributed by atoms with Crippen molar-refractivity contribution in [2.75, 3.05) is 13.7 Å². The molecule has 1 aromatic carbocycles. The standard InChI is InChI=1S/C13H21ClN2O3S.ClH/c1-4-13(15,5-2)9-16-20(17,18)12-8-10(19-3)6-7-11(12)14;/h6-8,16H,4-5,9,15H2,1-3H3;1H. The maximum absolute atomic E-state index is 12.3. The van der Waals surface area contributed by atoms with Crippen molar-refractivity contribution in [2.24, 2.45) is 5.73 Å². The topological polar surface area (TPSA) is 81.4 Å². The van der Waals surface area contributed by atoms with Gasteiger partial charge in [-0.2, -0.15) is 0 Å². The fraction of sp³-hybridized carbons (Fsp3) is 0.538. The van der Waals surface area contributed by atoms with E-state index in [0.29, 0.717) is 18.6 Å². The molecule has 122 valence electrons. The quantitative estimate of drug-likeness (QED) is 0.786. The van der Waals surface area contributed by atoms with E-state index in [1.165, 1.54) is 19.2 Å². The molecule has 0 aliphatic rings. The number of hydrogen-bond acceptors (Lipinski definition) is 4. The molecule has 0 amide bonds. The van der Waals surface area contributed by atoms with Crippen LogP contribution in [-0.4, -0.2) is 27.6 Å². The fourth-order valence-electron chi connectivity index (χ4n) is 1.63. The summed E-state index contributed by atoms with van der Waals surface area (Å²) in [6.45, 7) is 4.02. The highest BCUT2D eigenvalue weighted by Gasteiger charge is 2.25. The Morgan fingerprint density at radius 1 is 1.33 bits per heavy atom. The monoisotopic (exact) mass is 356 g/mol. The molecule has 0 saturated carbocycles. The minimum absolute atomic E-state index is 0. The van der Waals surface area contributed by atoms with Crippen LogP contribution in [0, 0.1) is 0 Å². The van der Waals surface area contributed by atoms with Gasteiger partial charge in [-0.15, -0.1) is 12.4 Å². The van der Waals surface area contributed by atoms with Crippen LogP contribution in [-0.2, 0) is 10.0 Å². The lowest BCUT2D eigenvalue weighted by Gasteiger charge is -2.26. The van der Waals surface area contributed by atoms with E-state index in [0.717, 1.165) is 0 Å². The predicted octanol–water partition coefficient (Wildman–Crippen LogP) is 2.57. The molecule has 0 spiro atoms. The van der Waals surface area contributed by atoms with Crippen LogP contribution in [0.15, 0.2) is 23.1 Å². The zero-order valence-corrected chi connectivity index (χ0v) is 14.7. The van der Waals surface area contributed by atoms with Gasteiger partial charge in [0.15, 0.2) is 0 Å². The molecule has 1 rings (SSSR count). The van der Waals surface area contributed by atoms with Gasteiger partial charge in [0.1, 0.15) is 10.6 Å². The third kappa shape index (κ3) is 5.30. The van der Waals surface area contributed by atoms with Crippen LogP contribution >= 0.6 is 24.0 Å². The number of rotatable bonds is 7. The van der Waals surface area contributed by atoms with Gasteiger partial charge in [-0.1, -0.05) is 25.4 Å². The van der Waals surface area contributed by atoms with Crippen molar-refractivity contribution in [3.63, 3.8) is 0 Å². The molecule has 0 unspecified atom stereocenters. The maximum Gasteiger partial charge on any atom is 0.242 e. The van der Waals surface area contributed by atoms with E-state index in [9.17, 15) is 8.42 Å². The second-order valence-corrected chi connectivity index (χ2v) is 6.83. The molecule has 3 N–H and O–H groups in total. The smallest absolute Gasteiger partial charge is 0.242 e. The van der Waals surface area contributed by atoms with Gasteiger partial charge in [0.05, 0.1) is 12.1 Å². The SMILES string of the molecule is CCC(N)(CC)CNS(=O)(=O)c1cc(OC)ccc1Cl.Cl. The number of sulfonamides is 1. The molecule has 0 radical (unpaired) electrons. The van der Waals surface area contributed by atoms with Gasteiger partial charge in [0.2, 0.25) is 10.0 Å². The molecule has 8 heteroatoms. The maximum atomic E-state index is 12.3.